The van der Waals surface area contributed by atoms with Crippen LogP contribution in [0.5, 0.6) is 0 Å². The topological polar surface area (TPSA) is 196 Å². The molecule has 16 heteroatoms. The summed E-state index contributed by atoms with van der Waals surface area (Å²) in [6.45, 7) is 3.12. The van der Waals surface area contributed by atoms with Gasteiger partial charge in [-0.15, -0.1) is 0 Å². The number of alkyl carbamates (subject to hydrolysis) is 1. The minimum Gasteiger partial charge on any atom is -0.480 e. The quantitative estimate of drug-likeness (QED) is 0.0818. The number of amides is 2. The Kier molecular flexibility index (Phi) is 14.7. The third-order valence-electron chi connectivity index (χ3n) is 7.53. The summed E-state index contributed by atoms with van der Waals surface area (Å²) < 4.78 is 29.5. The molecule has 1 heterocycles. The SMILES string of the molecule is CC(C)C[C@H](NP(=O)(O)OC(NC(=O)OCc1ccccc1)C(=O)OCc1ccccc1)C(=O)N([C@@H](Cc1ccccc1)C(=O)O)N1C=CN=CC1. The number of aliphatic carboxylic acids is 1. The highest BCUT2D eigenvalue weighted by atomic mass is 31.2. The summed E-state index contributed by atoms with van der Waals surface area (Å²) in [6.07, 6.45) is 0.815. The second-order valence-electron chi connectivity index (χ2n) is 12.1. The average molecular weight is 736 g/mol. The molecule has 1 aliphatic heterocycles. The smallest absolute Gasteiger partial charge is 0.409 e. The molecule has 276 valence electrons. The van der Waals surface area contributed by atoms with Crippen molar-refractivity contribution in [2.24, 2.45) is 10.9 Å². The number of carbonyl (C=O) groups is 4. The van der Waals surface area contributed by atoms with E-state index in [0.717, 1.165) is 5.01 Å². The second kappa shape index (κ2) is 19.3. The first kappa shape index (κ1) is 39.4. The molecular weight excluding hydrogens is 693 g/mol. The van der Waals surface area contributed by atoms with Crippen LogP contribution in [0.4, 0.5) is 4.79 Å². The first-order valence-corrected chi connectivity index (χ1v) is 18.0. The van der Waals surface area contributed by atoms with Gasteiger partial charge < -0.3 is 19.5 Å². The van der Waals surface area contributed by atoms with Crippen LogP contribution >= 0.6 is 7.75 Å². The van der Waals surface area contributed by atoms with Gasteiger partial charge in [0.05, 0.1) is 12.6 Å². The van der Waals surface area contributed by atoms with Crippen LogP contribution in [-0.2, 0) is 52.6 Å². The van der Waals surface area contributed by atoms with Crippen molar-refractivity contribution in [3.8, 4) is 0 Å². The Morgan fingerprint density at radius 2 is 1.44 bits per heavy atom. The zero-order chi connectivity index (χ0) is 37.5. The summed E-state index contributed by atoms with van der Waals surface area (Å²) >= 11 is 0. The number of hydrogen-bond donors (Lipinski definition) is 4. The summed E-state index contributed by atoms with van der Waals surface area (Å²) in [7, 11) is -5.18. The van der Waals surface area contributed by atoms with Gasteiger partial charge in [-0.3, -0.25) is 24.6 Å². The van der Waals surface area contributed by atoms with E-state index in [0.29, 0.717) is 16.7 Å². The van der Waals surface area contributed by atoms with Crippen molar-refractivity contribution in [2.45, 2.75) is 58.2 Å². The Bertz CT molecular complexity index is 1740. The Morgan fingerprint density at radius 3 is 1.96 bits per heavy atom. The zero-order valence-electron chi connectivity index (χ0n) is 28.7. The summed E-state index contributed by atoms with van der Waals surface area (Å²) in [5.41, 5.74) is 1.86. The van der Waals surface area contributed by atoms with Crippen molar-refractivity contribution < 1.29 is 47.7 Å². The van der Waals surface area contributed by atoms with Crippen LogP contribution in [0.15, 0.2) is 108 Å². The molecule has 15 nitrogen and oxygen atoms in total. The average Bonchev–Trinajstić information content (AvgIpc) is 3.13. The number of esters is 1. The van der Waals surface area contributed by atoms with Gasteiger partial charge >= 0.3 is 25.8 Å². The number of hydrogen-bond acceptors (Lipinski definition) is 10. The van der Waals surface area contributed by atoms with E-state index in [1.807, 2.05) is 0 Å². The number of ether oxygens (including phenoxy) is 2. The number of rotatable bonds is 18. The molecule has 0 saturated carbocycles. The van der Waals surface area contributed by atoms with Crippen molar-refractivity contribution in [1.29, 1.82) is 0 Å². The molecule has 0 bridgehead atoms. The molecule has 4 rings (SSSR count). The van der Waals surface area contributed by atoms with Gasteiger partial charge in [-0.2, -0.15) is 0 Å². The molecule has 0 spiro atoms. The lowest BCUT2D eigenvalue weighted by molar-refractivity contribution is -0.164. The van der Waals surface area contributed by atoms with Crippen LogP contribution in [0, 0.1) is 5.92 Å². The van der Waals surface area contributed by atoms with Crippen LogP contribution in [-0.4, -0.2) is 75.0 Å². The van der Waals surface area contributed by atoms with E-state index >= 15 is 0 Å². The zero-order valence-corrected chi connectivity index (χ0v) is 29.6. The van der Waals surface area contributed by atoms with Gasteiger partial charge in [0.2, 0.25) is 6.23 Å². The van der Waals surface area contributed by atoms with Crippen molar-refractivity contribution in [3.63, 3.8) is 0 Å². The minimum absolute atomic E-state index is 0.0346. The molecule has 0 aliphatic carbocycles. The summed E-state index contributed by atoms with van der Waals surface area (Å²) in [5, 5.41) is 17.2. The Morgan fingerprint density at radius 1 is 0.885 bits per heavy atom. The number of hydrazine groups is 1. The van der Waals surface area contributed by atoms with E-state index in [1.54, 1.807) is 105 Å². The summed E-state index contributed by atoms with van der Waals surface area (Å²) in [4.78, 5) is 68.2. The van der Waals surface area contributed by atoms with E-state index in [4.69, 9.17) is 14.0 Å². The van der Waals surface area contributed by atoms with E-state index in [2.05, 4.69) is 15.4 Å². The first-order valence-electron chi connectivity index (χ1n) is 16.4. The largest absolute Gasteiger partial charge is 0.480 e. The number of nitrogens with zero attached hydrogens (tertiary/aromatic N) is 3. The van der Waals surface area contributed by atoms with Crippen LogP contribution in [0.3, 0.4) is 0 Å². The molecule has 52 heavy (non-hydrogen) atoms. The molecule has 0 fully saturated rings. The molecule has 0 aromatic heterocycles. The number of benzene rings is 3. The van der Waals surface area contributed by atoms with Crippen LogP contribution in [0.2, 0.25) is 0 Å². The van der Waals surface area contributed by atoms with Crippen LogP contribution < -0.4 is 10.4 Å². The fourth-order valence-electron chi connectivity index (χ4n) is 5.12. The van der Waals surface area contributed by atoms with Gasteiger partial charge in [-0.05, 0) is 29.0 Å². The predicted octanol–water partition coefficient (Wildman–Crippen LogP) is 4.40. The van der Waals surface area contributed by atoms with Crippen molar-refractivity contribution in [2.75, 3.05) is 6.54 Å². The van der Waals surface area contributed by atoms with Gasteiger partial charge in [0.25, 0.3) is 5.91 Å². The normalized spacial score (nSPS) is 15.2. The maximum atomic E-state index is 14.4. The van der Waals surface area contributed by atoms with Crippen molar-refractivity contribution >= 4 is 37.9 Å². The van der Waals surface area contributed by atoms with E-state index < -0.39 is 50.0 Å². The number of aliphatic imine (C=N–C) groups is 1. The van der Waals surface area contributed by atoms with Gasteiger partial charge in [0, 0.05) is 25.0 Å². The second-order valence-corrected chi connectivity index (χ2v) is 13.6. The Balaban J connectivity index is 1.58. The Labute approximate surface area is 301 Å². The summed E-state index contributed by atoms with van der Waals surface area (Å²) in [5.74, 6) is -3.67. The number of carboxylic acid groups (broad SMARTS) is 1. The number of carbonyl (C=O) groups excluding carboxylic acids is 3. The van der Waals surface area contributed by atoms with E-state index in [1.165, 1.54) is 23.6 Å². The minimum atomic E-state index is -5.18. The predicted molar refractivity (Wildman–Crippen MR) is 190 cm³/mol. The Hall–Kier alpha value is -5.34. The number of nitrogens with one attached hydrogen (secondary N) is 2. The lowest BCUT2D eigenvalue weighted by Crippen LogP contribution is -2.59. The van der Waals surface area contributed by atoms with Gasteiger partial charge in [-0.1, -0.05) is 105 Å². The van der Waals surface area contributed by atoms with Crippen molar-refractivity contribution in [3.05, 3.63) is 120 Å². The first-order chi connectivity index (χ1) is 24.9. The third kappa shape index (κ3) is 12.5. The van der Waals surface area contributed by atoms with E-state index in [-0.39, 0.29) is 38.5 Å². The monoisotopic (exact) mass is 735 g/mol. The molecule has 2 amide bonds. The molecule has 4 N–H and O–H groups in total. The highest BCUT2D eigenvalue weighted by Crippen LogP contribution is 2.40. The molecule has 3 aromatic rings. The molecule has 1 aliphatic rings. The maximum absolute atomic E-state index is 14.4. The van der Waals surface area contributed by atoms with Crippen LogP contribution in [0.25, 0.3) is 0 Å². The highest BCUT2D eigenvalue weighted by Gasteiger charge is 2.42. The molecule has 4 atom stereocenters. The van der Waals surface area contributed by atoms with E-state index in [9.17, 15) is 33.7 Å². The molecule has 0 saturated heterocycles. The number of carboxylic acids is 1. The molecule has 0 radical (unpaired) electrons. The molecule has 3 aromatic carbocycles. The van der Waals surface area contributed by atoms with Crippen LogP contribution in [0.1, 0.15) is 37.0 Å². The highest BCUT2D eigenvalue weighted by molar-refractivity contribution is 7.50. The maximum Gasteiger partial charge on any atom is 0.409 e. The fraction of sp³-hybridized carbons (Fsp3) is 0.306. The molecular formula is C36H42N5O10P. The third-order valence-corrected chi connectivity index (χ3v) is 8.66. The molecule has 2 unspecified atom stereocenters. The standard InChI is InChI=1S/C36H42N5O10P/c1-26(2)22-30(33(42)41(40-20-18-37-19-21-40)31(34(43)44)23-27-12-6-3-7-13-27)39-52(47,48)51-32(35(45)49-24-28-14-8-4-9-15-28)38-36(46)50-25-29-16-10-5-11-17-29/h3-20,26,30-32H,21-25H2,1-2H3,(H,38,46)(H,43,44)(H2,39,47,48)/t30-,31-,32?/m0/s1. The lowest BCUT2D eigenvalue weighted by atomic mass is 10.0. The van der Waals surface area contributed by atoms with Gasteiger partial charge in [0.15, 0.2) is 6.04 Å². The van der Waals surface area contributed by atoms with Gasteiger partial charge in [0.1, 0.15) is 13.2 Å². The summed E-state index contributed by atoms with van der Waals surface area (Å²) in [6, 6.07) is 23.0. The lowest BCUT2D eigenvalue weighted by Gasteiger charge is -2.40. The van der Waals surface area contributed by atoms with Crippen molar-refractivity contribution in [1.82, 2.24) is 20.4 Å². The fourth-order valence-corrected chi connectivity index (χ4v) is 6.21. The van der Waals surface area contributed by atoms with Gasteiger partial charge in [-0.25, -0.2) is 29.0 Å².